The summed E-state index contributed by atoms with van der Waals surface area (Å²) in [4.78, 5) is 0. The maximum Gasteiger partial charge on any atom is 0.124 e. The van der Waals surface area contributed by atoms with Crippen molar-refractivity contribution in [3.63, 3.8) is 0 Å². The number of nitrogens with one attached hydrogen (secondary N) is 1. The van der Waals surface area contributed by atoms with Gasteiger partial charge in [-0.1, -0.05) is 24.3 Å². The summed E-state index contributed by atoms with van der Waals surface area (Å²) >= 11 is 0. The summed E-state index contributed by atoms with van der Waals surface area (Å²) in [5, 5.41) is 3.37. The van der Waals surface area contributed by atoms with Crippen LogP contribution in [0.2, 0.25) is 0 Å². The first-order valence-electron chi connectivity index (χ1n) is 6.00. The second-order valence-electron chi connectivity index (χ2n) is 4.27. The Morgan fingerprint density at radius 3 is 2.71 bits per heavy atom. The minimum atomic E-state index is 0.835. The van der Waals surface area contributed by atoms with Crippen LogP contribution in [0.25, 0.3) is 0 Å². The van der Waals surface area contributed by atoms with Gasteiger partial charge in [0.2, 0.25) is 0 Å². The fraction of sp³-hybridized carbons (Fsp3) is 0.200. The number of aryl methyl sites for hydroxylation is 1. The molecular formula is C15H15NO. The van der Waals surface area contributed by atoms with Gasteiger partial charge in [0.1, 0.15) is 5.75 Å². The Morgan fingerprint density at radius 1 is 0.941 bits per heavy atom. The topological polar surface area (TPSA) is 21.3 Å². The molecule has 1 heterocycles. The lowest BCUT2D eigenvalue weighted by Crippen LogP contribution is -2.08. The quantitative estimate of drug-likeness (QED) is 0.840. The molecule has 1 N–H and O–H groups in total. The summed E-state index contributed by atoms with van der Waals surface area (Å²) in [5.74, 6) is 1.03. The van der Waals surface area contributed by atoms with Crippen molar-refractivity contribution >= 4 is 11.4 Å². The van der Waals surface area contributed by atoms with Gasteiger partial charge >= 0.3 is 0 Å². The van der Waals surface area contributed by atoms with Crippen molar-refractivity contribution in [2.75, 3.05) is 11.9 Å². The molecule has 86 valence electrons. The largest absolute Gasteiger partial charge is 0.493 e. The zero-order chi connectivity index (χ0) is 11.5. The van der Waals surface area contributed by atoms with Gasteiger partial charge in [0.25, 0.3) is 0 Å². The molecule has 2 aromatic carbocycles. The average Bonchev–Trinajstić information content (AvgIpc) is 2.40. The highest BCUT2D eigenvalue weighted by molar-refractivity contribution is 5.62. The highest BCUT2D eigenvalue weighted by Gasteiger charge is 2.10. The minimum Gasteiger partial charge on any atom is -0.493 e. The van der Waals surface area contributed by atoms with E-state index in [1.54, 1.807) is 0 Å². The van der Waals surface area contributed by atoms with Crippen LogP contribution in [-0.2, 0) is 6.42 Å². The average molecular weight is 225 g/mol. The normalized spacial score (nSPS) is 13.6. The lowest BCUT2D eigenvalue weighted by atomic mass is 10.1. The van der Waals surface area contributed by atoms with Crippen LogP contribution in [0.4, 0.5) is 11.4 Å². The van der Waals surface area contributed by atoms with Crippen molar-refractivity contribution < 1.29 is 4.74 Å². The molecule has 0 unspecified atom stereocenters. The fourth-order valence-electron chi connectivity index (χ4n) is 2.11. The Kier molecular flexibility index (Phi) is 2.70. The van der Waals surface area contributed by atoms with Crippen LogP contribution in [0.3, 0.4) is 0 Å². The van der Waals surface area contributed by atoms with Gasteiger partial charge < -0.3 is 10.1 Å². The van der Waals surface area contributed by atoms with Crippen molar-refractivity contribution in [1.82, 2.24) is 0 Å². The summed E-state index contributed by atoms with van der Waals surface area (Å²) < 4.78 is 5.66. The summed E-state index contributed by atoms with van der Waals surface area (Å²) in [7, 11) is 0. The van der Waals surface area contributed by atoms with Crippen LogP contribution < -0.4 is 10.1 Å². The van der Waals surface area contributed by atoms with E-state index in [0.717, 1.165) is 36.6 Å². The number of hydrogen-bond donors (Lipinski definition) is 1. The number of rotatable bonds is 2. The molecule has 3 rings (SSSR count). The minimum absolute atomic E-state index is 0.835. The van der Waals surface area contributed by atoms with Gasteiger partial charge in [-0.15, -0.1) is 0 Å². The number of para-hydroxylation sites is 1. The lowest BCUT2D eigenvalue weighted by Gasteiger charge is -2.18. The third-order valence-corrected chi connectivity index (χ3v) is 2.98. The molecule has 0 bridgehead atoms. The third-order valence-electron chi connectivity index (χ3n) is 2.98. The summed E-state index contributed by atoms with van der Waals surface area (Å²) in [6.07, 6.45) is 2.25. The van der Waals surface area contributed by atoms with E-state index in [-0.39, 0.29) is 0 Å². The van der Waals surface area contributed by atoms with E-state index in [4.69, 9.17) is 4.74 Å². The molecule has 0 aliphatic carbocycles. The van der Waals surface area contributed by atoms with E-state index >= 15 is 0 Å². The first kappa shape index (κ1) is 10.2. The van der Waals surface area contributed by atoms with Crippen LogP contribution in [0.5, 0.6) is 5.75 Å². The van der Waals surface area contributed by atoms with Gasteiger partial charge in [0, 0.05) is 17.4 Å². The molecule has 1 aliphatic heterocycles. The van der Waals surface area contributed by atoms with Gasteiger partial charge in [0.05, 0.1) is 6.61 Å². The predicted octanol–water partition coefficient (Wildman–Crippen LogP) is 3.76. The molecule has 2 heteroatoms. The molecule has 2 aromatic rings. The van der Waals surface area contributed by atoms with E-state index in [0.29, 0.717) is 0 Å². The molecule has 1 aliphatic rings. The Bertz CT molecular complexity index is 508. The maximum atomic E-state index is 5.66. The number of ether oxygens (including phenoxy) is 1. The second kappa shape index (κ2) is 4.50. The fourth-order valence-corrected chi connectivity index (χ4v) is 2.11. The molecule has 17 heavy (non-hydrogen) atoms. The van der Waals surface area contributed by atoms with Gasteiger partial charge in [-0.05, 0) is 36.6 Å². The first-order chi connectivity index (χ1) is 8.42. The molecule has 0 saturated carbocycles. The van der Waals surface area contributed by atoms with E-state index in [9.17, 15) is 0 Å². The standard InChI is InChI=1S/C15H15NO/c1-2-6-13(7-3-1)16-14-9-8-12-5-4-10-17-15(12)11-14/h1-3,6-9,11,16H,4-5,10H2. The molecule has 0 aromatic heterocycles. The lowest BCUT2D eigenvalue weighted by molar-refractivity contribution is 0.288. The summed E-state index contributed by atoms with van der Waals surface area (Å²) in [5.41, 5.74) is 3.50. The van der Waals surface area contributed by atoms with E-state index in [1.807, 2.05) is 18.2 Å². The zero-order valence-electron chi connectivity index (χ0n) is 9.65. The molecule has 0 atom stereocenters. The number of hydrogen-bond acceptors (Lipinski definition) is 2. The first-order valence-corrected chi connectivity index (χ1v) is 6.00. The van der Waals surface area contributed by atoms with Crippen LogP contribution in [-0.4, -0.2) is 6.61 Å². The van der Waals surface area contributed by atoms with E-state index in [2.05, 4.69) is 35.6 Å². The highest BCUT2D eigenvalue weighted by Crippen LogP contribution is 2.29. The molecule has 0 fully saturated rings. The molecule has 2 nitrogen and oxygen atoms in total. The second-order valence-corrected chi connectivity index (χ2v) is 4.27. The number of benzene rings is 2. The molecule has 0 saturated heterocycles. The van der Waals surface area contributed by atoms with Gasteiger partial charge in [-0.3, -0.25) is 0 Å². The SMILES string of the molecule is c1ccc(Nc2ccc3c(c2)OCCC3)cc1. The van der Waals surface area contributed by atoms with Gasteiger partial charge in [0.15, 0.2) is 0 Å². The van der Waals surface area contributed by atoms with Crippen LogP contribution in [0.15, 0.2) is 48.5 Å². The van der Waals surface area contributed by atoms with Crippen LogP contribution >= 0.6 is 0 Å². The van der Waals surface area contributed by atoms with Crippen molar-refractivity contribution in [3.05, 3.63) is 54.1 Å². The Labute approximate surface area is 101 Å². The Morgan fingerprint density at radius 2 is 1.82 bits per heavy atom. The maximum absolute atomic E-state index is 5.66. The summed E-state index contributed by atoms with van der Waals surface area (Å²) in [6, 6.07) is 16.5. The zero-order valence-corrected chi connectivity index (χ0v) is 9.65. The van der Waals surface area contributed by atoms with Gasteiger partial charge in [-0.2, -0.15) is 0 Å². The molecular weight excluding hydrogens is 210 g/mol. The Balaban J connectivity index is 1.84. The molecule has 0 radical (unpaired) electrons. The Hall–Kier alpha value is -1.96. The smallest absolute Gasteiger partial charge is 0.124 e. The monoisotopic (exact) mass is 225 g/mol. The van der Waals surface area contributed by atoms with Crippen molar-refractivity contribution in [1.29, 1.82) is 0 Å². The van der Waals surface area contributed by atoms with Crippen LogP contribution in [0.1, 0.15) is 12.0 Å². The van der Waals surface area contributed by atoms with Crippen molar-refractivity contribution in [2.45, 2.75) is 12.8 Å². The molecule has 0 amide bonds. The highest BCUT2D eigenvalue weighted by atomic mass is 16.5. The molecule has 0 spiro atoms. The van der Waals surface area contributed by atoms with Crippen LogP contribution in [0, 0.1) is 0 Å². The van der Waals surface area contributed by atoms with Crippen molar-refractivity contribution in [3.8, 4) is 5.75 Å². The summed E-state index contributed by atoms with van der Waals surface area (Å²) in [6.45, 7) is 0.835. The van der Waals surface area contributed by atoms with Gasteiger partial charge in [-0.25, -0.2) is 0 Å². The van der Waals surface area contributed by atoms with E-state index in [1.165, 1.54) is 5.56 Å². The van der Waals surface area contributed by atoms with E-state index < -0.39 is 0 Å². The third kappa shape index (κ3) is 2.26. The number of anilines is 2. The number of fused-ring (bicyclic) bond motifs is 1. The predicted molar refractivity (Wildman–Crippen MR) is 70.0 cm³/mol. The van der Waals surface area contributed by atoms with Crippen molar-refractivity contribution in [2.24, 2.45) is 0 Å².